The number of carbonyl (C=O) groups is 1. The molecule has 0 spiro atoms. The summed E-state index contributed by atoms with van der Waals surface area (Å²) >= 11 is 0. The predicted octanol–water partition coefficient (Wildman–Crippen LogP) is 1.47. The first kappa shape index (κ1) is 10.4. The number of ether oxygens (including phenoxy) is 1. The van der Waals surface area contributed by atoms with Crippen molar-refractivity contribution in [2.24, 2.45) is 4.99 Å². The Morgan fingerprint density at radius 2 is 2.14 bits per heavy atom. The standard InChI is InChI=1S/C11H13NO2/c1-14-11(13)9-12-8-7-10-5-3-2-4-6-10/h2-6,8H,7,9H2,1H3. The lowest BCUT2D eigenvalue weighted by molar-refractivity contribution is -0.138. The van der Waals surface area contributed by atoms with E-state index in [1.54, 1.807) is 6.21 Å². The first-order valence-electron chi connectivity index (χ1n) is 4.42. The summed E-state index contributed by atoms with van der Waals surface area (Å²) in [6.45, 7) is 0.101. The molecule has 1 aromatic carbocycles. The molecule has 0 bridgehead atoms. The molecule has 3 heteroatoms. The number of nitrogens with zero attached hydrogens (tertiary/aromatic N) is 1. The molecular weight excluding hydrogens is 178 g/mol. The van der Waals surface area contributed by atoms with E-state index in [1.807, 2.05) is 30.3 Å². The quantitative estimate of drug-likeness (QED) is 0.534. The lowest BCUT2D eigenvalue weighted by atomic mass is 10.2. The zero-order valence-corrected chi connectivity index (χ0v) is 8.14. The highest BCUT2D eigenvalue weighted by Crippen LogP contribution is 1.97. The van der Waals surface area contributed by atoms with Gasteiger partial charge < -0.3 is 4.74 Å². The molecule has 0 saturated carbocycles. The van der Waals surface area contributed by atoms with E-state index >= 15 is 0 Å². The van der Waals surface area contributed by atoms with Crippen LogP contribution in [0.3, 0.4) is 0 Å². The Kier molecular flexibility index (Phi) is 4.41. The molecule has 0 radical (unpaired) electrons. The Balaban J connectivity index is 2.31. The third-order valence-electron chi connectivity index (χ3n) is 1.75. The Bertz CT molecular complexity index is 306. The summed E-state index contributed by atoms with van der Waals surface area (Å²) < 4.78 is 4.45. The van der Waals surface area contributed by atoms with E-state index in [2.05, 4.69) is 9.73 Å². The van der Waals surface area contributed by atoms with Gasteiger partial charge in [-0.15, -0.1) is 0 Å². The smallest absolute Gasteiger partial charge is 0.327 e. The maximum absolute atomic E-state index is 10.7. The number of carbonyl (C=O) groups excluding carboxylic acids is 1. The number of benzene rings is 1. The van der Waals surface area contributed by atoms with Gasteiger partial charge in [0.2, 0.25) is 0 Å². The Labute approximate surface area is 83.4 Å². The van der Waals surface area contributed by atoms with Crippen LogP contribution in [0.5, 0.6) is 0 Å². The molecule has 0 fully saturated rings. The lowest BCUT2D eigenvalue weighted by Gasteiger charge is -1.94. The van der Waals surface area contributed by atoms with Crippen LogP contribution in [0.4, 0.5) is 0 Å². The summed E-state index contributed by atoms with van der Waals surface area (Å²) in [7, 11) is 1.36. The first-order chi connectivity index (χ1) is 6.83. The molecule has 0 amide bonds. The zero-order valence-electron chi connectivity index (χ0n) is 8.14. The topological polar surface area (TPSA) is 38.7 Å². The van der Waals surface area contributed by atoms with E-state index in [-0.39, 0.29) is 12.5 Å². The minimum absolute atomic E-state index is 0.101. The molecule has 0 unspecified atom stereocenters. The van der Waals surface area contributed by atoms with Crippen LogP contribution in [0.15, 0.2) is 35.3 Å². The van der Waals surface area contributed by atoms with Crippen molar-refractivity contribution in [1.29, 1.82) is 0 Å². The van der Waals surface area contributed by atoms with Gasteiger partial charge in [-0.1, -0.05) is 30.3 Å². The predicted molar refractivity (Wildman–Crippen MR) is 55.5 cm³/mol. The van der Waals surface area contributed by atoms with Crippen LogP contribution in [-0.2, 0) is 16.0 Å². The van der Waals surface area contributed by atoms with Gasteiger partial charge in [-0.2, -0.15) is 0 Å². The van der Waals surface area contributed by atoms with E-state index in [1.165, 1.54) is 12.7 Å². The van der Waals surface area contributed by atoms with Crippen molar-refractivity contribution in [3.63, 3.8) is 0 Å². The first-order valence-corrected chi connectivity index (χ1v) is 4.42. The molecule has 0 aliphatic carbocycles. The van der Waals surface area contributed by atoms with Crippen LogP contribution in [0, 0.1) is 0 Å². The maximum Gasteiger partial charge on any atom is 0.327 e. The maximum atomic E-state index is 10.7. The second-order valence-electron chi connectivity index (χ2n) is 2.79. The molecule has 0 N–H and O–H groups in total. The van der Waals surface area contributed by atoms with Gasteiger partial charge in [0.05, 0.1) is 7.11 Å². The van der Waals surface area contributed by atoms with Crippen molar-refractivity contribution in [2.45, 2.75) is 6.42 Å². The van der Waals surface area contributed by atoms with Gasteiger partial charge in [0.15, 0.2) is 0 Å². The second kappa shape index (κ2) is 5.91. The monoisotopic (exact) mass is 191 g/mol. The summed E-state index contributed by atoms with van der Waals surface area (Å²) in [6, 6.07) is 9.95. The zero-order chi connectivity index (χ0) is 10.2. The minimum Gasteiger partial charge on any atom is -0.468 e. The molecule has 0 heterocycles. The molecule has 14 heavy (non-hydrogen) atoms. The molecule has 0 atom stereocenters. The third-order valence-corrected chi connectivity index (χ3v) is 1.75. The van der Waals surface area contributed by atoms with Gasteiger partial charge in [-0.25, -0.2) is 0 Å². The number of aliphatic imine (C=N–C) groups is 1. The number of rotatable bonds is 4. The van der Waals surface area contributed by atoms with Crippen LogP contribution in [0.25, 0.3) is 0 Å². The average molecular weight is 191 g/mol. The van der Waals surface area contributed by atoms with Crippen molar-refractivity contribution in [1.82, 2.24) is 0 Å². The third kappa shape index (κ3) is 3.85. The van der Waals surface area contributed by atoms with Crippen LogP contribution in [-0.4, -0.2) is 25.8 Å². The SMILES string of the molecule is COC(=O)CN=CCc1ccccc1. The highest BCUT2D eigenvalue weighted by Gasteiger charge is 1.94. The van der Waals surface area contributed by atoms with E-state index in [4.69, 9.17) is 0 Å². The summed E-state index contributed by atoms with van der Waals surface area (Å²) in [5.74, 6) is -0.311. The van der Waals surface area contributed by atoms with Crippen LogP contribution >= 0.6 is 0 Å². The van der Waals surface area contributed by atoms with Crippen molar-refractivity contribution in [3.05, 3.63) is 35.9 Å². The highest BCUT2D eigenvalue weighted by atomic mass is 16.5. The van der Waals surface area contributed by atoms with E-state index < -0.39 is 0 Å². The second-order valence-corrected chi connectivity index (χ2v) is 2.79. The summed E-state index contributed by atoms with van der Waals surface area (Å²) in [5.41, 5.74) is 1.18. The molecule has 0 aromatic heterocycles. The van der Waals surface area contributed by atoms with E-state index in [0.29, 0.717) is 0 Å². The molecule has 0 saturated heterocycles. The molecule has 0 aliphatic heterocycles. The van der Waals surface area contributed by atoms with Crippen molar-refractivity contribution in [2.75, 3.05) is 13.7 Å². The Morgan fingerprint density at radius 1 is 1.43 bits per heavy atom. The van der Waals surface area contributed by atoms with Gasteiger partial charge in [-0.3, -0.25) is 9.79 Å². The largest absolute Gasteiger partial charge is 0.468 e. The van der Waals surface area contributed by atoms with E-state index in [9.17, 15) is 4.79 Å². The Morgan fingerprint density at radius 3 is 2.79 bits per heavy atom. The van der Waals surface area contributed by atoms with Gasteiger partial charge in [0, 0.05) is 12.6 Å². The lowest BCUT2D eigenvalue weighted by Crippen LogP contribution is -2.04. The molecule has 0 aliphatic rings. The molecule has 3 nitrogen and oxygen atoms in total. The normalized spacial score (nSPS) is 10.4. The molecule has 1 rings (SSSR count). The van der Waals surface area contributed by atoms with Gasteiger partial charge >= 0.3 is 5.97 Å². The molecular formula is C11H13NO2. The molecule has 74 valence electrons. The molecule has 1 aromatic rings. The number of methoxy groups -OCH3 is 1. The van der Waals surface area contributed by atoms with Crippen LogP contribution in [0.1, 0.15) is 5.56 Å². The van der Waals surface area contributed by atoms with Crippen molar-refractivity contribution in [3.8, 4) is 0 Å². The fourth-order valence-corrected chi connectivity index (χ4v) is 0.988. The van der Waals surface area contributed by atoms with Crippen LogP contribution < -0.4 is 0 Å². The fourth-order valence-electron chi connectivity index (χ4n) is 0.988. The minimum atomic E-state index is -0.311. The highest BCUT2D eigenvalue weighted by molar-refractivity contribution is 5.74. The summed E-state index contributed by atoms with van der Waals surface area (Å²) in [4.78, 5) is 14.6. The van der Waals surface area contributed by atoms with E-state index in [0.717, 1.165) is 6.42 Å². The van der Waals surface area contributed by atoms with Crippen molar-refractivity contribution >= 4 is 12.2 Å². The number of hydrogen-bond acceptors (Lipinski definition) is 3. The number of esters is 1. The number of hydrogen-bond donors (Lipinski definition) is 0. The van der Waals surface area contributed by atoms with Gasteiger partial charge in [-0.05, 0) is 5.56 Å². The fraction of sp³-hybridized carbons (Fsp3) is 0.273. The van der Waals surface area contributed by atoms with Gasteiger partial charge in [0.25, 0.3) is 0 Å². The van der Waals surface area contributed by atoms with Crippen LogP contribution in [0.2, 0.25) is 0 Å². The van der Waals surface area contributed by atoms with Gasteiger partial charge in [0.1, 0.15) is 6.54 Å². The average Bonchev–Trinajstić information content (AvgIpc) is 2.25. The summed E-state index contributed by atoms with van der Waals surface area (Å²) in [6.07, 6.45) is 2.48. The van der Waals surface area contributed by atoms with Crippen molar-refractivity contribution < 1.29 is 9.53 Å². The summed E-state index contributed by atoms with van der Waals surface area (Å²) in [5, 5.41) is 0. The Hall–Kier alpha value is -1.64.